The molecule has 2 aromatic heterocycles. The first-order chi connectivity index (χ1) is 14.9. The molecule has 1 N–H and O–H groups in total. The van der Waals surface area contributed by atoms with Gasteiger partial charge in [-0.2, -0.15) is 10.2 Å². The first kappa shape index (κ1) is 18.7. The highest BCUT2D eigenvalue weighted by Gasteiger charge is 2.18. The fourth-order valence-corrected chi connectivity index (χ4v) is 4.37. The van der Waals surface area contributed by atoms with E-state index < -0.39 is 0 Å². The van der Waals surface area contributed by atoms with Crippen LogP contribution in [0.4, 0.5) is 10.9 Å². The lowest BCUT2D eigenvalue weighted by Crippen LogP contribution is -2.36. The highest BCUT2D eigenvalue weighted by Crippen LogP contribution is 2.32. The maximum atomic E-state index is 5.48. The predicted octanol–water partition coefficient (Wildman–Crippen LogP) is 4.04. The van der Waals surface area contributed by atoms with Crippen LogP contribution in [0.3, 0.4) is 0 Å². The van der Waals surface area contributed by atoms with Gasteiger partial charge in [-0.15, -0.1) is 5.10 Å². The Morgan fingerprint density at radius 2 is 1.83 bits per heavy atom. The van der Waals surface area contributed by atoms with Crippen LogP contribution in [0.25, 0.3) is 22.0 Å². The molecule has 3 heterocycles. The molecule has 0 aliphatic carbocycles. The molecule has 30 heavy (non-hydrogen) atoms. The number of ether oxygens (including phenoxy) is 1. The van der Waals surface area contributed by atoms with Gasteiger partial charge in [0.2, 0.25) is 0 Å². The van der Waals surface area contributed by atoms with Crippen LogP contribution in [-0.2, 0) is 4.74 Å². The molecule has 1 aliphatic heterocycles. The molecule has 0 unspecified atom stereocenters. The molecule has 8 heteroatoms. The summed E-state index contributed by atoms with van der Waals surface area (Å²) in [5, 5.41) is 15.7. The number of anilines is 2. The second-order valence-corrected chi connectivity index (χ2v) is 7.83. The standard InChI is InChI=1S/C22H20N6OS/c1-2-6-16(7-3-1)20-19(30-22(25-20)28-10-12-29-13-11-28)15-24-27-21-18-9-5-4-8-17(18)14-23-26-21/h1-9,14-15H,10-13H2,(H,26,27). The number of rotatable bonds is 5. The van der Waals surface area contributed by atoms with Crippen molar-refractivity contribution in [1.29, 1.82) is 0 Å². The molecule has 0 bridgehead atoms. The quantitative estimate of drug-likeness (QED) is 0.391. The van der Waals surface area contributed by atoms with Crippen LogP contribution >= 0.6 is 11.3 Å². The van der Waals surface area contributed by atoms with Gasteiger partial charge in [-0.1, -0.05) is 65.9 Å². The summed E-state index contributed by atoms with van der Waals surface area (Å²) in [6.45, 7) is 3.15. The molecule has 0 atom stereocenters. The van der Waals surface area contributed by atoms with E-state index in [1.165, 1.54) is 0 Å². The zero-order chi connectivity index (χ0) is 20.2. The number of hydrazone groups is 1. The molecule has 5 rings (SSSR count). The van der Waals surface area contributed by atoms with Crippen LogP contribution in [0, 0.1) is 0 Å². The Kier molecular flexibility index (Phi) is 5.32. The van der Waals surface area contributed by atoms with Gasteiger partial charge < -0.3 is 9.64 Å². The fraction of sp³-hybridized carbons (Fsp3) is 0.182. The van der Waals surface area contributed by atoms with Crippen molar-refractivity contribution >= 4 is 39.3 Å². The number of benzene rings is 2. The van der Waals surface area contributed by atoms with Crippen molar-refractivity contribution in [2.45, 2.75) is 0 Å². The van der Waals surface area contributed by atoms with Crippen LogP contribution in [0.2, 0.25) is 0 Å². The molecular weight excluding hydrogens is 396 g/mol. The van der Waals surface area contributed by atoms with Gasteiger partial charge in [0.1, 0.15) is 0 Å². The number of morpholine rings is 1. The molecule has 1 aliphatic rings. The van der Waals surface area contributed by atoms with Gasteiger partial charge in [-0.05, 0) is 0 Å². The van der Waals surface area contributed by atoms with Crippen molar-refractivity contribution in [1.82, 2.24) is 15.2 Å². The lowest BCUT2D eigenvalue weighted by molar-refractivity contribution is 0.122. The smallest absolute Gasteiger partial charge is 0.186 e. The average molecular weight is 417 g/mol. The Morgan fingerprint density at radius 3 is 2.70 bits per heavy atom. The third kappa shape index (κ3) is 3.87. The van der Waals surface area contributed by atoms with Gasteiger partial charge in [-0.3, -0.25) is 5.43 Å². The van der Waals surface area contributed by atoms with Gasteiger partial charge in [0.05, 0.1) is 36.2 Å². The van der Waals surface area contributed by atoms with E-state index in [-0.39, 0.29) is 0 Å². The Hall–Kier alpha value is -3.36. The second kappa shape index (κ2) is 8.56. The molecule has 7 nitrogen and oxygen atoms in total. The average Bonchev–Trinajstić information content (AvgIpc) is 3.25. The number of nitrogens with zero attached hydrogens (tertiary/aromatic N) is 5. The van der Waals surface area contributed by atoms with Gasteiger partial charge in [0, 0.05) is 29.4 Å². The molecule has 0 spiro atoms. The van der Waals surface area contributed by atoms with E-state index in [9.17, 15) is 0 Å². The summed E-state index contributed by atoms with van der Waals surface area (Å²) in [4.78, 5) is 8.18. The van der Waals surface area contributed by atoms with Crippen molar-refractivity contribution in [3.63, 3.8) is 0 Å². The molecular formula is C22H20N6OS. The largest absolute Gasteiger partial charge is 0.378 e. The maximum Gasteiger partial charge on any atom is 0.186 e. The number of aromatic nitrogens is 3. The summed E-state index contributed by atoms with van der Waals surface area (Å²) in [6, 6.07) is 18.1. The minimum absolute atomic E-state index is 0.628. The SMILES string of the molecule is C(=NNc1nncc2ccccc12)c1sc(N2CCOCC2)nc1-c1ccccc1. The minimum atomic E-state index is 0.628. The minimum Gasteiger partial charge on any atom is -0.378 e. The Labute approximate surface area is 178 Å². The first-order valence-corrected chi connectivity index (χ1v) is 10.6. The van der Waals surface area contributed by atoms with E-state index >= 15 is 0 Å². The van der Waals surface area contributed by atoms with Crippen LogP contribution in [0.5, 0.6) is 0 Å². The van der Waals surface area contributed by atoms with Crippen LogP contribution in [0.15, 0.2) is 65.9 Å². The Morgan fingerprint density at radius 1 is 1.03 bits per heavy atom. The van der Waals surface area contributed by atoms with Crippen LogP contribution in [0.1, 0.15) is 4.88 Å². The Bertz CT molecular complexity index is 1170. The highest BCUT2D eigenvalue weighted by molar-refractivity contribution is 7.17. The van der Waals surface area contributed by atoms with Crippen LogP contribution < -0.4 is 10.3 Å². The van der Waals surface area contributed by atoms with Crippen molar-refractivity contribution < 1.29 is 4.74 Å². The molecule has 2 aromatic carbocycles. The third-order valence-corrected chi connectivity index (χ3v) is 5.94. The molecule has 0 saturated carbocycles. The fourth-order valence-electron chi connectivity index (χ4n) is 3.36. The van der Waals surface area contributed by atoms with Gasteiger partial charge in [0.15, 0.2) is 10.9 Å². The highest BCUT2D eigenvalue weighted by atomic mass is 32.1. The number of hydrogen-bond acceptors (Lipinski definition) is 8. The summed E-state index contributed by atoms with van der Waals surface area (Å²) in [5.74, 6) is 0.628. The van der Waals surface area contributed by atoms with Crippen molar-refractivity contribution in [3.05, 3.63) is 65.7 Å². The summed E-state index contributed by atoms with van der Waals surface area (Å²) >= 11 is 1.63. The topological polar surface area (TPSA) is 75.5 Å². The lowest BCUT2D eigenvalue weighted by Gasteiger charge is -2.26. The monoisotopic (exact) mass is 416 g/mol. The number of nitrogens with one attached hydrogen (secondary N) is 1. The van der Waals surface area contributed by atoms with Gasteiger partial charge in [-0.25, -0.2) is 4.98 Å². The van der Waals surface area contributed by atoms with Crippen molar-refractivity contribution in [3.8, 4) is 11.3 Å². The van der Waals surface area contributed by atoms with Crippen molar-refractivity contribution in [2.75, 3.05) is 36.6 Å². The Balaban J connectivity index is 1.45. The normalized spacial score (nSPS) is 14.5. The van der Waals surface area contributed by atoms with E-state index in [0.717, 1.165) is 58.3 Å². The van der Waals surface area contributed by atoms with Crippen molar-refractivity contribution in [2.24, 2.45) is 5.10 Å². The molecule has 0 amide bonds. The summed E-state index contributed by atoms with van der Waals surface area (Å²) in [6.07, 6.45) is 3.56. The predicted molar refractivity (Wildman–Crippen MR) is 121 cm³/mol. The summed E-state index contributed by atoms with van der Waals surface area (Å²) in [7, 11) is 0. The molecule has 150 valence electrons. The number of fused-ring (bicyclic) bond motifs is 1. The van der Waals surface area contributed by atoms with E-state index in [2.05, 4.69) is 37.8 Å². The molecule has 1 saturated heterocycles. The van der Waals surface area contributed by atoms with E-state index in [0.29, 0.717) is 5.82 Å². The zero-order valence-corrected chi connectivity index (χ0v) is 17.0. The summed E-state index contributed by atoms with van der Waals surface area (Å²) < 4.78 is 5.48. The van der Waals surface area contributed by atoms with E-state index in [1.807, 2.05) is 48.7 Å². The zero-order valence-electron chi connectivity index (χ0n) is 16.2. The maximum absolute atomic E-state index is 5.48. The molecule has 1 fully saturated rings. The molecule has 0 radical (unpaired) electrons. The lowest BCUT2D eigenvalue weighted by atomic mass is 10.1. The third-order valence-electron chi connectivity index (χ3n) is 4.89. The summed E-state index contributed by atoms with van der Waals surface area (Å²) in [5.41, 5.74) is 5.04. The van der Waals surface area contributed by atoms with Gasteiger partial charge in [0.25, 0.3) is 0 Å². The second-order valence-electron chi connectivity index (χ2n) is 6.83. The first-order valence-electron chi connectivity index (χ1n) is 9.77. The number of thiazole rings is 1. The number of hydrogen-bond donors (Lipinski definition) is 1. The van der Waals surface area contributed by atoms with Crippen LogP contribution in [-0.4, -0.2) is 47.7 Å². The van der Waals surface area contributed by atoms with Gasteiger partial charge >= 0.3 is 0 Å². The molecule has 4 aromatic rings. The van der Waals surface area contributed by atoms with E-state index in [1.54, 1.807) is 17.5 Å². The van der Waals surface area contributed by atoms with E-state index in [4.69, 9.17) is 9.72 Å².